The molecule has 1 rings (SSSR count). The van der Waals surface area contributed by atoms with Gasteiger partial charge in [0.15, 0.2) is 0 Å². The zero-order valence-corrected chi connectivity index (χ0v) is 6.97. The monoisotopic (exact) mass is 203 g/mol. The van der Waals surface area contributed by atoms with Gasteiger partial charge in [-0.05, 0) is 6.07 Å². The Labute approximate surface area is 78.3 Å². The summed E-state index contributed by atoms with van der Waals surface area (Å²) >= 11 is 0. The highest BCUT2D eigenvalue weighted by atomic mass is 19.4. The molecule has 0 amide bonds. The molecular formula is C9H6F3O2. The van der Waals surface area contributed by atoms with Crippen LogP contribution in [-0.4, -0.2) is 12.6 Å². The topological polar surface area (TPSA) is 26.3 Å². The van der Waals surface area contributed by atoms with Gasteiger partial charge >= 0.3 is 6.36 Å². The van der Waals surface area contributed by atoms with Crippen LogP contribution in [0, 0.1) is 0 Å². The Morgan fingerprint density at radius 3 is 2.50 bits per heavy atom. The van der Waals surface area contributed by atoms with Gasteiger partial charge in [-0.25, -0.2) is 0 Å². The van der Waals surface area contributed by atoms with Gasteiger partial charge in [0.2, 0.25) is 6.29 Å². The van der Waals surface area contributed by atoms with Gasteiger partial charge in [0.25, 0.3) is 0 Å². The molecule has 0 fully saturated rings. The molecule has 75 valence electrons. The van der Waals surface area contributed by atoms with Crippen molar-refractivity contribution in [2.45, 2.75) is 12.8 Å². The first-order valence-corrected chi connectivity index (χ1v) is 3.71. The highest BCUT2D eigenvalue weighted by Gasteiger charge is 2.31. The highest BCUT2D eigenvalue weighted by Crippen LogP contribution is 2.25. The molecule has 0 saturated heterocycles. The van der Waals surface area contributed by atoms with E-state index in [-0.39, 0.29) is 17.7 Å². The van der Waals surface area contributed by atoms with E-state index in [0.29, 0.717) is 0 Å². The van der Waals surface area contributed by atoms with E-state index in [9.17, 15) is 18.0 Å². The molecular weight excluding hydrogens is 197 g/mol. The largest absolute Gasteiger partial charge is 0.573 e. The van der Waals surface area contributed by atoms with Gasteiger partial charge in [0.1, 0.15) is 5.75 Å². The van der Waals surface area contributed by atoms with Crippen LogP contribution >= 0.6 is 0 Å². The highest BCUT2D eigenvalue weighted by molar-refractivity contribution is 5.58. The fourth-order valence-electron chi connectivity index (χ4n) is 0.952. The molecule has 0 aliphatic heterocycles. The third-order valence-corrected chi connectivity index (χ3v) is 1.46. The minimum Gasteiger partial charge on any atom is -0.405 e. The average molecular weight is 203 g/mol. The minimum absolute atomic E-state index is 0.167. The van der Waals surface area contributed by atoms with Crippen LogP contribution in [0.4, 0.5) is 13.2 Å². The first-order valence-electron chi connectivity index (χ1n) is 3.71. The van der Waals surface area contributed by atoms with Crippen molar-refractivity contribution in [3.8, 4) is 5.75 Å². The number of hydrogen-bond donors (Lipinski definition) is 0. The zero-order chi connectivity index (χ0) is 10.6. The molecule has 0 saturated carbocycles. The SMILES string of the molecule is O=[C]Cc1ccccc1OC(F)(F)F. The summed E-state index contributed by atoms with van der Waals surface area (Å²) in [6.45, 7) is 0. The van der Waals surface area contributed by atoms with Gasteiger partial charge in [0, 0.05) is 12.0 Å². The number of halogens is 3. The van der Waals surface area contributed by atoms with Crippen molar-refractivity contribution in [1.82, 2.24) is 0 Å². The average Bonchev–Trinajstić information content (AvgIpc) is 2.06. The molecule has 0 aromatic heterocycles. The van der Waals surface area contributed by atoms with E-state index in [4.69, 9.17) is 0 Å². The van der Waals surface area contributed by atoms with Crippen molar-refractivity contribution in [3.05, 3.63) is 29.8 Å². The number of rotatable bonds is 3. The van der Waals surface area contributed by atoms with Gasteiger partial charge < -0.3 is 4.74 Å². The second-order valence-electron chi connectivity index (χ2n) is 2.48. The van der Waals surface area contributed by atoms with E-state index < -0.39 is 6.36 Å². The van der Waals surface area contributed by atoms with Crippen LogP contribution in [0.25, 0.3) is 0 Å². The van der Waals surface area contributed by atoms with Gasteiger partial charge in [-0.1, -0.05) is 18.2 Å². The summed E-state index contributed by atoms with van der Waals surface area (Å²) in [4.78, 5) is 10.0. The lowest BCUT2D eigenvalue weighted by atomic mass is 10.1. The third kappa shape index (κ3) is 3.08. The van der Waals surface area contributed by atoms with Crippen molar-refractivity contribution in [2.75, 3.05) is 0 Å². The minimum atomic E-state index is -4.74. The van der Waals surface area contributed by atoms with Crippen LogP contribution in [-0.2, 0) is 11.2 Å². The molecule has 0 unspecified atom stereocenters. The van der Waals surface area contributed by atoms with Crippen LogP contribution in [0.15, 0.2) is 24.3 Å². The van der Waals surface area contributed by atoms with Crippen LogP contribution < -0.4 is 4.74 Å². The Morgan fingerprint density at radius 1 is 1.29 bits per heavy atom. The Bertz CT molecular complexity index is 320. The molecule has 14 heavy (non-hydrogen) atoms. The van der Waals surface area contributed by atoms with Crippen LogP contribution in [0.3, 0.4) is 0 Å². The maximum Gasteiger partial charge on any atom is 0.573 e. The second kappa shape index (κ2) is 4.13. The molecule has 0 bridgehead atoms. The number of ether oxygens (including phenoxy) is 1. The standard InChI is InChI=1S/C9H6F3O2/c10-9(11,12)14-8-4-2-1-3-7(8)5-6-13/h1-4H,5H2. The molecule has 2 nitrogen and oxygen atoms in total. The Hall–Kier alpha value is -1.52. The summed E-state index contributed by atoms with van der Waals surface area (Å²) in [6, 6.07) is 5.46. The number of alkyl halides is 3. The van der Waals surface area contributed by atoms with Crippen molar-refractivity contribution in [1.29, 1.82) is 0 Å². The van der Waals surface area contributed by atoms with Gasteiger partial charge in [-0.15, -0.1) is 13.2 Å². The van der Waals surface area contributed by atoms with Crippen LogP contribution in [0.5, 0.6) is 5.75 Å². The summed E-state index contributed by atoms with van der Waals surface area (Å²) in [5.41, 5.74) is 0.167. The fraction of sp³-hybridized carbons (Fsp3) is 0.222. The molecule has 1 aromatic carbocycles. The summed E-state index contributed by atoms with van der Waals surface area (Å²) in [7, 11) is 0. The molecule has 0 heterocycles. The van der Waals surface area contributed by atoms with Crippen LogP contribution in [0.1, 0.15) is 5.56 Å². The summed E-state index contributed by atoms with van der Waals surface area (Å²) in [5.74, 6) is -0.358. The predicted molar refractivity (Wildman–Crippen MR) is 42.5 cm³/mol. The lowest BCUT2D eigenvalue weighted by Crippen LogP contribution is -2.18. The molecule has 0 atom stereocenters. The molecule has 5 heteroatoms. The van der Waals surface area contributed by atoms with Crippen molar-refractivity contribution in [2.24, 2.45) is 0 Å². The molecule has 0 aliphatic rings. The number of benzene rings is 1. The third-order valence-electron chi connectivity index (χ3n) is 1.46. The molecule has 0 spiro atoms. The Morgan fingerprint density at radius 2 is 1.93 bits per heavy atom. The lowest BCUT2D eigenvalue weighted by molar-refractivity contribution is -0.274. The summed E-state index contributed by atoms with van der Waals surface area (Å²) in [6.07, 6.45) is -3.44. The van der Waals surface area contributed by atoms with E-state index in [1.54, 1.807) is 0 Å². The Balaban J connectivity index is 2.89. The number of hydrogen-bond acceptors (Lipinski definition) is 2. The van der Waals surface area contributed by atoms with Crippen molar-refractivity contribution >= 4 is 6.29 Å². The molecule has 0 aliphatic carbocycles. The van der Waals surface area contributed by atoms with Gasteiger partial charge in [0.05, 0.1) is 0 Å². The Kier molecular flexibility index (Phi) is 3.11. The van der Waals surface area contributed by atoms with E-state index in [2.05, 4.69) is 4.74 Å². The smallest absolute Gasteiger partial charge is 0.405 e. The predicted octanol–water partition coefficient (Wildman–Crippen LogP) is 2.24. The maximum atomic E-state index is 11.8. The van der Waals surface area contributed by atoms with Crippen molar-refractivity contribution < 1.29 is 22.7 Å². The first kappa shape index (κ1) is 10.6. The van der Waals surface area contributed by atoms with Crippen LogP contribution in [0.2, 0.25) is 0 Å². The van der Waals surface area contributed by atoms with E-state index in [0.717, 1.165) is 6.07 Å². The zero-order valence-electron chi connectivity index (χ0n) is 6.97. The number of para-hydroxylation sites is 1. The van der Waals surface area contributed by atoms with E-state index in [1.165, 1.54) is 24.5 Å². The first-order chi connectivity index (χ1) is 6.53. The lowest BCUT2D eigenvalue weighted by Gasteiger charge is -2.11. The maximum absolute atomic E-state index is 11.8. The molecule has 1 radical (unpaired) electrons. The summed E-state index contributed by atoms with van der Waals surface area (Å²) in [5, 5.41) is 0. The number of carbonyl (C=O) groups excluding carboxylic acids is 1. The molecule has 1 aromatic rings. The fourth-order valence-corrected chi connectivity index (χ4v) is 0.952. The quantitative estimate of drug-likeness (QED) is 0.752. The van der Waals surface area contributed by atoms with E-state index in [1.807, 2.05) is 0 Å². The molecule has 0 N–H and O–H groups in total. The second-order valence-corrected chi connectivity index (χ2v) is 2.48. The summed E-state index contributed by atoms with van der Waals surface area (Å²) < 4.78 is 39.2. The van der Waals surface area contributed by atoms with Crippen molar-refractivity contribution in [3.63, 3.8) is 0 Å². The van der Waals surface area contributed by atoms with Gasteiger partial charge in [-0.2, -0.15) is 0 Å². The van der Waals surface area contributed by atoms with Gasteiger partial charge in [-0.3, -0.25) is 4.79 Å². The normalized spacial score (nSPS) is 11.1. The van der Waals surface area contributed by atoms with E-state index >= 15 is 0 Å².